The molecule has 182 valence electrons. The molecular formula is C24H26Cl3N3O4. The molecule has 34 heavy (non-hydrogen) atoms. The maximum atomic E-state index is 10.7. The van der Waals surface area contributed by atoms with Crippen molar-refractivity contribution < 1.29 is 14.4 Å². The quantitative estimate of drug-likeness (QED) is 0.159. The first-order valence-corrected chi connectivity index (χ1v) is 11.2. The number of anilines is 1. The van der Waals surface area contributed by atoms with Crippen LogP contribution in [0.2, 0.25) is 10.0 Å². The van der Waals surface area contributed by atoms with Crippen molar-refractivity contribution in [3.05, 3.63) is 92.0 Å². The molecule has 10 heteroatoms. The number of benzene rings is 3. The van der Waals surface area contributed by atoms with Gasteiger partial charge in [0.15, 0.2) is 11.5 Å². The largest absolute Gasteiger partial charge is 0.490 e. The van der Waals surface area contributed by atoms with Crippen molar-refractivity contribution in [1.82, 2.24) is 5.32 Å². The van der Waals surface area contributed by atoms with Gasteiger partial charge in [0.2, 0.25) is 0 Å². The van der Waals surface area contributed by atoms with Gasteiger partial charge in [-0.3, -0.25) is 10.1 Å². The van der Waals surface area contributed by atoms with Crippen molar-refractivity contribution in [2.45, 2.75) is 20.1 Å². The van der Waals surface area contributed by atoms with Crippen molar-refractivity contribution >= 4 is 47.0 Å². The molecule has 0 aromatic heterocycles. The molecule has 3 rings (SSSR count). The number of rotatable bonds is 12. The molecule has 0 atom stereocenters. The Hall–Kier alpha value is -2.71. The van der Waals surface area contributed by atoms with E-state index in [0.29, 0.717) is 47.8 Å². The molecule has 0 fully saturated rings. The highest BCUT2D eigenvalue weighted by Gasteiger charge is 2.14. The Labute approximate surface area is 214 Å². The van der Waals surface area contributed by atoms with Gasteiger partial charge in [-0.15, -0.1) is 12.4 Å². The molecule has 7 nitrogen and oxygen atoms in total. The van der Waals surface area contributed by atoms with Gasteiger partial charge in [-0.1, -0.05) is 41.4 Å². The molecule has 0 saturated heterocycles. The van der Waals surface area contributed by atoms with Gasteiger partial charge in [-0.05, 0) is 42.8 Å². The predicted octanol–water partition coefficient (Wildman–Crippen LogP) is 6.50. The first kappa shape index (κ1) is 27.5. The average molecular weight is 527 g/mol. The second-order valence-electron chi connectivity index (χ2n) is 7.13. The lowest BCUT2D eigenvalue weighted by Gasteiger charge is -2.16. The van der Waals surface area contributed by atoms with Crippen LogP contribution < -0.4 is 20.1 Å². The van der Waals surface area contributed by atoms with E-state index in [0.717, 1.165) is 16.8 Å². The molecule has 0 amide bonds. The van der Waals surface area contributed by atoms with Gasteiger partial charge < -0.3 is 20.1 Å². The standard InChI is InChI=1S/C24H25Cl2N3O4.ClH/c1-2-32-23-14-17(13-22(26)24(23)33-16-18-5-3-4-6-21(18)25)15-27-11-12-28-19-7-9-20(10-8-19)29(30)31;/h3-10,13-14,27-28H,2,11-12,15-16H2,1H3;1H. The highest BCUT2D eigenvalue weighted by molar-refractivity contribution is 6.32. The van der Waals surface area contributed by atoms with Crippen LogP contribution in [0, 0.1) is 10.1 Å². The summed E-state index contributed by atoms with van der Waals surface area (Å²) in [7, 11) is 0. The summed E-state index contributed by atoms with van der Waals surface area (Å²) in [6, 6.07) is 17.6. The molecule has 0 radical (unpaired) electrons. The summed E-state index contributed by atoms with van der Waals surface area (Å²) in [5, 5.41) is 18.4. The van der Waals surface area contributed by atoms with E-state index < -0.39 is 4.92 Å². The number of ether oxygens (including phenoxy) is 2. The molecule has 0 unspecified atom stereocenters. The number of nitrogens with zero attached hydrogens (tertiary/aromatic N) is 1. The molecular weight excluding hydrogens is 501 g/mol. The lowest BCUT2D eigenvalue weighted by molar-refractivity contribution is -0.384. The minimum atomic E-state index is -0.417. The van der Waals surface area contributed by atoms with Crippen molar-refractivity contribution in [2.24, 2.45) is 0 Å². The number of nitro groups is 1. The maximum Gasteiger partial charge on any atom is 0.269 e. The Morgan fingerprint density at radius 2 is 1.71 bits per heavy atom. The first-order chi connectivity index (χ1) is 16.0. The number of non-ortho nitro benzene ring substituents is 1. The highest BCUT2D eigenvalue weighted by atomic mass is 35.5. The van der Waals surface area contributed by atoms with Crippen LogP contribution >= 0.6 is 35.6 Å². The van der Waals surface area contributed by atoms with E-state index in [1.807, 2.05) is 43.3 Å². The van der Waals surface area contributed by atoms with Crippen LogP contribution in [0.3, 0.4) is 0 Å². The summed E-state index contributed by atoms with van der Waals surface area (Å²) in [5.74, 6) is 1.07. The van der Waals surface area contributed by atoms with Crippen molar-refractivity contribution in [3.8, 4) is 11.5 Å². The normalized spacial score (nSPS) is 10.3. The van der Waals surface area contributed by atoms with Crippen molar-refractivity contribution in [1.29, 1.82) is 0 Å². The maximum absolute atomic E-state index is 10.7. The van der Waals surface area contributed by atoms with Gasteiger partial charge in [0, 0.05) is 48.0 Å². The lowest BCUT2D eigenvalue weighted by Crippen LogP contribution is -2.21. The third-order valence-electron chi connectivity index (χ3n) is 4.74. The van der Waals surface area contributed by atoms with E-state index in [1.54, 1.807) is 12.1 Å². The monoisotopic (exact) mass is 525 g/mol. The van der Waals surface area contributed by atoms with Crippen LogP contribution in [0.4, 0.5) is 11.4 Å². The Bertz CT molecular complexity index is 1080. The van der Waals surface area contributed by atoms with E-state index in [-0.39, 0.29) is 24.7 Å². The summed E-state index contributed by atoms with van der Waals surface area (Å²) in [5.41, 5.74) is 2.72. The Kier molecular flexibility index (Phi) is 11.2. The molecule has 0 heterocycles. The van der Waals surface area contributed by atoms with Crippen molar-refractivity contribution in [2.75, 3.05) is 25.0 Å². The van der Waals surface area contributed by atoms with Crippen molar-refractivity contribution in [3.63, 3.8) is 0 Å². The van der Waals surface area contributed by atoms with E-state index >= 15 is 0 Å². The molecule has 0 spiro atoms. The highest BCUT2D eigenvalue weighted by Crippen LogP contribution is 2.37. The number of nitro benzene ring substituents is 1. The van der Waals surface area contributed by atoms with Crippen LogP contribution in [0.25, 0.3) is 0 Å². The van der Waals surface area contributed by atoms with Gasteiger partial charge in [0.1, 0.15) is 6.61 Å². The topological polar surface area (TPSA) is 85.7 Å². The van der Waals surface area contributed by atoms with E-state index in [4.69, 9.17) is 32.7 Å². The molecule has 0 aliphatic heterocycles. The molecule has 0 bridgehead atoms. The molecule has 3 aromatic rings. The summed E-state index contributed by atoms with van der Waals surface area (Å²) in [4.78, 5) is 10.3. The zero-order valence-corrected chi connectivity index (χ0v) is 20.9. The Morgan fingerprint density at radius 1 is 0.971 bits per heavy atom. The van der Waals surface area contributed by atoms with Crippen LogP contribution in [-0.2, 0) is 13.2 Å². The van der Waals surface area contributed by atoms with Gasteiger partial charge >= 0.3 is 0 Å². The second kappa shape index (κ2) is 13.9. The van der Waals surface area contributed by atoms with Gasteiger partial charge in [-0.2, -0.15) is 0 Å². The van der Waals surface area contributed by atoms with Crippen LogP contribution in [0.15, 0.2) is 60.7 Å². The first-order valence-electron chi connectivity index (χ1n) is 10.5. The van der Waals surface area contributed by atoms with E-state index in [9.17, 15) is 10.1 Å². The Balaban J connectivity index is 0.00000408. The van der Waals surface area contributed by atoms with Crippen LogP contribution in [0.5, 0.6) is 11.5 Å². The Morgan fingerprint density at radius 3 is 2.38 bits per heavy atom. The SMILES string of the molecule is CCOc1cc(CNCCNc2ccc([N+](=O)[O-])cc2)cc(Cl)c1OCc1ccccc1Cl.Cl. The third kappa shape index (κ3) is 7.95. The summed E-state index contributed by atoms with van der Waals surface area (Å²) < 4.78 is 11.7. The zero-order valence-electron chi connectivity index (χ0n) is 18.6. The zero-order chi connectivity index (χ0) is 23.6. The average Bonchev–Trinajstić information content (AvgIpc) is 2.80. The lowest BCUT2D eigenvalue weighted by atomic mass is 10.2. The fourth-order valence-electron chi connectivity index (χ4n) is 3.12. The minimum absolute atomic E-state index is 0. The number of halogens is 3. The summed E-state index contributed by atoms with van der Waals surface area (Å²) in [6.45, 7) is 4.60. The fraction of sp³-hybridized carbons (Fsp3) is 0.250. The number of hydrogen-bond donors (Lipinski definition) is 2. The predicted molar refractivity (Wildman–Crippen MR) is 139 cm³/mol. The van der Waals surface area contributed by atoms with Gasteiger partial charge in [0.25, 0.3) is 5.69 Å². The molecule has 0 saturated carbocycles. The summed E-state index contributed by atoms with van der Waals surface area (Å²) >= 11 is 12.7. The van der Waals surface area contributed by atoms with E-state index in [2.05, 4.69) is 10.6 Å². The van der Waals surface area contributed by atoms with Gasteiger partial charge in [0.05, 0.1) is 16.6 Å². The van der Waals surface area contributed by atoms with Gasteiger partial charge in [-0.25, -0.2) is 0 Å². The molecule has 0 aliphatic rings. The number of hydrogen-bond acceptors (Lipinski definition) is 6. The smallest absolute Gasteiger partial charge is 0.269 e. The second-order valence-corrected chi connectivity index (χ2v) is 7.94. The molecule has 0 aliphatic carbocycles. The van der Waals surface area contributed by atoms with Crippen LogP contribution in [0.1, 0.15) is 18.1 Å². The minimum Gasteiger partial charge on any atom is -0.490 e. The molecule has 2 N–H and O–H groups in total. The van der Waals surface area contributed by atoms with Crippen LogP contribution in [-0.4, -0.2) is 24.6 Å². The third-order valence-corrected chi connectivity index (χ3v) is 5.39. The fourth-order valence-corrected chi connectivity index (χ4v) is 3.60. The van der Waals surface area contributed by atoms with E-state index in [1.165, 1.54) is 12.1 Å². The number of nitrogens with one attached hydrogen (secondary N) is 2. The molecule has 3 aromatic carbocycles. The summed E-state index contributed by atoms with van der Waals surface area (Å²) in [6.07, 6.45) is 0.